The third kappa shape index (κ3) is 7.74. The summed E-state index contributed by atoms with van der Waals surface area (Å²) in [5.74, 6) is 1.51. The molecular formula is C59H39N5. The van der Waals surface area contributed by atoms with Crippen LogP contribution in [0.2, 0.25) is 0 Å². The predicted octanol–water partition coefficient (Wildman–Crippen LogP) is 14.8. The highest BCUT2D eigenvalue weighted by atomic mass is 15.1. The first kappa shape index (κ1) is 38.3. The lowest BCUT2D eigenvalue weighted by Crippen LogP contribution is -2.02. The molecule has 0 N–H and O–H groups in total. The zero-order chi connectivity index (χ0) is 42.7. The van der Waals surface area contributed by atoms with E-state index in [0.717, 1.165) is 50.1 Å². The van der Waals surface area contributed by atoms with Crippen molar-refractivity contribution in [3.05, 3.63) is 237 Å². The average molecular weight is 818 g/mol. The van der Waals surface area contributed by atoms with Crippen molar-refractivity contribution in [2.45, 2.75) is 0 Å². The predicted molar refractivity (Wildman–Crippen MR) is 262 cm³/mol. The van der Waals surface area contributed by atoms with Crippen LogP contribution >= 0.6 is 0 Å². The monoisotopic (exact) mass is 817 g/mol. The van der Waals surface area contributed by atoms with E-state index in [1.54, 1.807) is 12.4 Å². The third-order valence-electron chi connectivity index (χ3n) is 11.7. The fourth-order valence-corrected chi connectivity index (χ4v) is 8.44. The van der Waals surface area contributed by atoms with Crippen molar-refractivity contribution >= 4 is 10.8 Å². The van der Waals surface area contributed by atoms with Crippen LogP contribution in [0.3, 0.4) is 0 Å². The van der Waals surface area contributed by atoms with Crippen molar-refractivity contribution in [3.63, 3.8) is 0 Å². The molecule has 0 saturated carbocycles. The summed E-state index contributed by atoms with van der Waals surface area (Å²) in [5.41, 5.74) is 15.8. The van der Waals surface area contributed by atoms with E-state index < -0.39 is 0 Å². The summed E-state index contributed by atoms with van der Waals surface area (Å²) in [6.45, 7) is 0. The summed E-state index contributed by atoms with van der Waals surface area (Å²) in [4.78, 5) is 24.0. The molecule has 0 aliphatic carbocycles. The van der Waals surface area contributed by atoms with Crippen LogP contribution in [0, 0.1) is 0 Å². The van der Waals surface area contributed by atoms with Gasteiger partial charge in [0.05, 0.1) is 0 Å². The van der Waals surface area contributed by atoms with Crippen LogP contribution in [0.1, 0.15) is 0 Å². The summed E-state index contributed by atoms with van der Waals surface area (Å²) in [5, 5.41) is 2.48. The van der Waals surface area contributed by atoms with Gasteiger partial charge in [-0.25, -0.2) is 15.0 Å². The molecule has 0 spiro atoms. The second-order valence-electron chi connectivity index (χ2n) is 15.7. The maximum atomic E-state index is 5.01. The Kier molecular flexibility index (Phi) is 10.2. The van der Waals surface area contributed by atoms with Gasteiger partial charge in [0.25, 0.3) is 0 Å². The van der Waals surface area contributed by atoms with E-state index in [1.165, 1.54) is 33.0 Å². The summed E-state index contributed by atoms with van der Waals surface area (Å²) >= 11 is 0. The van der Waals surface area contributed by atoms with Crippen LogP contribution < -0.4 is 0 Å². The van der Waals surface area contributed by atoms with E-state index in [0.29, 0.717) is 28.9 Å². The smallest absolute Gasteiger partial charge is 0.182 e. The first-order chi connectivity index (χ1) is 31.7. The number of rotatable bonds is 9. The largest absolute Gasteiger partial charge is 0.253 e. The Bertz CT molecular complexity index is 3330. The van der Waals surface area contributed by atoms with Crippen LogP contribution in [0.25, 0.3) is 112 Å². The minimum atomic E-state index is 0.485. The van der Waals surface area contributed by atoms with Crippen molar-refractivity contribution in [3.8, 4) is 101 Å². The molecule has 0 bridgehead atoms. The van der Waals surface area contributed by atoms with Gasteiger partial charge in [0.15, 0.2) is 17.5 Å². The van der Waals surface area contributed by atoms with Crippen molar-refractivity contribution in [1.29, 1.82) is 0 Å². The Labute approximate surface area is 372 Å². The van der Waals surface area contributed by atoms with Gasteiger partial charge in [-0.2, -0.15) is 0 Å². The summed E-state index contributed by atoms with van der Waals surface area (Å²) in [6.07, 6.45) is 3.50. The highest BCUT2D eigenvalue weighted by molar-refractivity contribution is 5.97. The summed E-state index contributed by atoms with van der Waals surface area (Å²) in [7, 11) is 0. The van der Waals surface area contributed by atoms with Gasteiger partial charge >= 0.3 is 0 Å². The maximum Gasteiger partial charge on any atom is 0.182 e. The highest BCUT2D eigenvalue weighted by Gasteiger charge is 2.18. The molecule has 11 rings (SSSR count). The second-order valence-corrected chi connectivity index (χ2v) is 15.7. The number of hydrogen-bond acceptors (Lipinski definition) is 5. The molecule has 0 amide bonds. The zero-order valence-corrected chi connectivity index (χ0v) is 34.8. The van der Waals surface area contributed by atoms with E-state index in [9.17, 15) is 0 Å². The molecule has 3 heterocycles. The van der Waals surface area contributed by atoms with Gasteiger partial charge in [0, 0.05) is 18.0 Å². The summed E-state index contributed by atoms with van der Waals surface area (Å²) < 4.78 is 0. The van der Waals surface area contributed by atoms with Gasteiger partial charge in [-0.3, -0.25) is 9.97 Å². The highest BCUT2D eigenvalue weighted by Crippen LogP contribution is 2.40. The van der Waals surface area contributed by atoms with Gasteiger partial charge in [0.1, 0.15) is 11.4 Å². The third-order valence-corrected chi connectivity index (χ3v) is 11.7. The number of pyridine rings is 2. The van der Waals surface area contributed by atoms with Gasteiger partial charge in [0.2, 0.25) is 0 Å². The minimum Gasteiger partial charge on any atom is -0.253 e. The number of aromatic nitrogens is 5. The number of nitrogens with zero attached hydrogens (tertiary/aromatic N) is 5. The van der Waals surface area contributed by atoms with Gasteiger partial charge in [-0.15, -0.1) is 0 Å². The van der Waals surface area contributed by atoms with Crippen LogP contribution in [-0.4, -0.2) is 24.9 Å². The molecule has 0 aliphatic heterocycles. The Morgan fingerprint density at radius 1 is 0.234 bits per heavy atom. The van der Waals surface area contributed by atoms with Crippen LogP contribution in [0.15, 0.2) is 237 Å². The van der Waals surface area contributed by atoms with Crippen LogP contribution in [0.4, 0.5) is 0 Å². The number of hydrogen-bond donors (Lipinski definition) is 0. The van der Waals surface area contributed by atoms with E-state index in [1.807, 2.05) is 36.4 Å². The molecule has 5 heteroatoms. The molecule has 8 aromatic carbocycles. The molecule has 0 fully saturated rings. The lowest BCUT2D eigenvalue weighted by Gasteiger charge is -2.16. The molecule has 11 aromatic rings. The van der Waals surface area contributed by atoms with E-state index >= 15 is 0 Å². The quantitative estimate of drug-likeness (QED) is 0.145. The van der Waals surface area contributed by atoms with Crippen molar-refractivity contribution in [1.82, 2.24) is 24.9 Å². The van der Waals surface area contributed by atoms with Crippen molar-refractivity contribution in [2.75, 3.05) is 0 Å². The molecule has 0 aliphatic rings. The second kappa shape index (κ2) is 17.0. The molecule has 64 heavy (non-hydrogen) atoms. The van der Waals surface area contributed by atoms with Crippen LogP contribution in [-0.2, 0) is 0 Å². The Balaban J connectivity index is 1.06. The van der Waals surface area contributed by atoms with E-state index in [4.69, 9.17) is 15.0 Å². The fraction of sp³-hybridized carbons (Fsp3) is 0. The van der Waals surface area contributed by atoms with Gasteiger partial charge in [-0.1, -0.05) is 176 Å². The first-order valence-electron chi connectivity index (χ1n) is 21.4. The average Bonchev–Trinajstić information content (AvgIpc) is 3.39. The van der Waals surface area contributed by atoms with Crippen LogP contribution in [0.5, 0.6) is 0 Å². The standard InChI is InChI=1S/C59H39N5/c1-3-14-40(15-4-1)41-24-26-42(27-25-41)48-36-49(43-28-30-46(31-29-43)52-21-13-19-44-18-7-8-20-51(44)52)38-50(37-48)53-33-32-47(39-54(53)45-16-5-2-6-17-45)57-62-58(55-22-9-11-34-60-55)64-59(63-57)56-23-10-12-35-61-56/h1-39H. The topological polar surface area (TPSA) is 64.5 Å². The molecule has 0 atom stereocenters. The lowest BCUT2D eigenvalue weighted by molar-refractivity contribution is 1.05. The molecule has 0 radical (unpaired) electrons. The van der Waals surface area contributed by atoms with Crippen molar-refractivity contribution in [2.24, 2.45) is 0 Å². The molecule has 5 nitrogen and oxygen atoms in total. The lowest BCUT2D eigenvalue weighted by atomic mass is 9.88. The fourth-order valence-electron chi connectivity index (χ4n) is 8.44. The normalized spacial score (nSPS) is 11.1. The molecule has 300 valence electrons. The van der Waals surface area contributed by atoms with E-state index in [2.05, 4.69) is 198 Å². The first-order valence-corrected chi connectivity index (χ1v) is 21.4. The van der Waals surface area contributed by atoms with Gasteiger partial charge < -0.3 is 0 Å². The number of fused-ring (bicyclic) bond motifs is 1. The Hall–Kier alpha value is -8.67. The molecular weight excluding hydrogens is 779 g/mol. The summed E-state index contributed by atoms with van der Waals surface area (Å²) in [6, 6.07) is 79.0. The number of benzene rings is 8. The minimum absolute atomic E-state index is 0.485. The van der Waals surface area contributed by atoms with E-state index in [-0.39, 0.29) is 0 Å². The Morgan fingerprint density at radius 2 is 0.688 bits per heavy atom. The molecule has 3 aromatic heterocycles. The zero-order valence-electron chi connectivity index (χ0n) is 34.8. The maximum absolute atomic E-state index is 5.01. The molecule has 0 unspecified atom stereocenters. The molecule has 0 saturated heterocycles. The SMILES string of the molecule is c1ccc(-c2ccc(-c3cc(-c4ccc(-c5cccc6ccccc56)cc4)cc(-c4ccc(-c5nc(-c6ccccn6)nc(-c6ccccn6)n5)cc4-c4ccccc4)c3)cc2)cc1. The Morgan fingerprint density at radius 3 is 1.30 bits per heavy atom. The van der Waals surface area contributed by atoms with Crippen molar-refractivity contribution < 1.29 is 0 Å². The van der Waals surface area contributed by atoms with Gasteiger partial charge in [-0.05, 0) is 126 Å².